The summed E-state index contributed by atoms with van der Waals surface area (Å²) in [5.41, 5.74) is 12.0. The van der Waals surface area contributed by atoms with Crippen LogP contribution in [0, 0.1) is 12.3 Å². The molecule has 0 saturated heterocycles. The first kappa shape index (κ1) is 31.7. The van der Waals surface area contributed by atoms with Crippen molar-refractivity contribution in [3.05, 3.63) is 33.5 Å². The van der Waals surface area contributed by atoms with Crippen LogP contribution in [-0.4, -0.2) is 88.6 Å². The first-order valence-electron chi connectivity index (χ1n) is 12.7. The average molecular weight is 566 g/mol. The largest absolute Gasteiger partial charge is 0.480 e. The molecule has 2 rings (SSSR count). The second-order valence-corrected chi connectivity index (χ2v) is 11.0. The fraction of sp³-hybridized carbons (Fsp3) is 0.560. The molecule has 0 fully saturated rings. The minimum Gasteiger partial charge on any atom is -0.480 e. The number of carboxylic acid groups (broad SMARTS) is 1. The summed E-state index contributed by atoms with van der Waals surface area (Å²) in [6.07, 6.45) is 2.09. The Morgan fingerprint density at radius 1 is 1.13 bits per heavy atom. The van der Waals surface area contributed by atoms with E-state index in [4.69, 9.17) is 16.9 Å². The molecule has 1 aliphatic rings. The van der Waals surface area contributed by atoms with E-state index in [1.54, 1.807) is 4.90 Å². The van der Waals surface area contributed by atoms with Crippen molar-refractivity contribution in [1.82, 2.24) is 20.9 Å². The summed E-state index contributed by atoms with van der Waals surface area (Å²) >= 11 is 1.49. The summed E-state index contributed by atoms with van der Waals surface area (Å²) in [5.74, 6) is -2.71. The maximum absolute atomic E-state index is 12.9. The number of nitrogens with two attached hydrogens (primary N) is 2. The van der Waals surface area contributed by atoms with E-state index >= 15 is 0 Å². The van der Waals surface area contributed by atoms with Crippen molar-refractivity contribution >= 4 is 41.0 Å². The van der Waals surface area contributed by atoms with Crippen LogP contribution in [0.5, 0.6) is 0 Å². The molecule has 0 spiro atoms. The summed E-state index contributed by atoms with van der Waals surface area (Å²) in [6.45, 7) is 4.32. The van der Waals surface area contributed by atoms with E-state index in [0.29, 0.717) is 25.9 Å². The molecule has 216 valence electrons. The standard InChI is InChI=1S/C25H39N7O6S/c1-14-6-7-17(39-14)12-19(24(37)38)30-20(34)5-3-4-9-29-22(35)18(31-23(36)21(26)15(2)33)11-16-8-10-32(13-16)25(27)28/h6-8,15,18-19,21,33H,3-5,9-13,26H2,1-2H3,(H3,27,28)(H,29,35)(H,30,34)(H,31,36)(H,37,38). The Morgan fingerprint density at radius 2 is 1.85 bits per heavy atom. The number of hydrogen-bond acceptors (Lipinski definition) is 8. The minimum absolute atomic E-state index is 0.0947. The smallest absolute Gasteiger partial charge is 0.326 e. The Labute approximate surface area is 231 Å². The predicted molar refractivity (Wildman–Crippen MR) is 147 cm³/mol. The number of aliphatic hydroxyl groups is 1. The molecule has 13 nitrogen and oxygen atoms in total. The van der Waals surface area contributed by atoms with Crippen LogP contribution in [0.3, 0.4) is 0 Å². The van der Waals surface area contributed by atoms with Crippen LogP contribution in [0.25, 0.3) is 0 Å². The van der Waals surface area contributed by atoms with Crippen molar-refractivity contribution in [2.24, 2.45) is 11.5 Å². The predicted octanol–water partition coefficient (Wildman–Crippen LogP) is -0.827. The van der Waals surface area contributed by atoms with E-state index in [1.165, 1.54) is 18.3 Å². The van der Waals surface area contributed by atoms with Gasteiger partial charge in [0, 0.05) is 42.2 Å². The van der Waals surface area contributed by atoms with Crippen molar-refractivity contribution in [2.75, 3.05) is 19.6 Å². The van der Waals surface area contributed by atoms with Crippen molar-refractivity contribution < 1.29 is 29.4 Å². The molecule has 0 saturated carbocycles. The summed E-state index contributed by atoms with van der Waals surface area (Å²) in [4.78, 5) is 52.7. The molecule has 3 amide bonds. The number of aliphatic carboxylic acids is 1. The van der Waals surface area contributed by atoms with Gasteiger partial charge in [-0.25, -0.2) is 4.79 Å². The number of aryl methyl sites for hydroxylation is 1. The summed E-state index contributed by atoms with van der Waals surface area (Å²) in [7, 11) is 0. The van der Waals surface area contributed by atoms with Gasteiger partial charge in [0.25, 0.3) is 0 Å². The van der Waals surface area contributed by atoms with E-state index in [1.807, 2.05) is 25.1 Å². The number of aliphatic hydroxyl groups excluding tert-OH is 1. The van der Waals surface area contributed by atoms with Gasteiger partial charge < -0.3 is 42.5 Å². The third kappa shape index (κ3) is 10.7. The zero-order valence-electron chi connectivity index (χ0n) is 22.2. The average Bonchev–Trinajstić information content (AvgIpc) is 3.51. The molecule has 1 aromatic heterocycles. The highest BCUT2D eigenvalue weighted by Gasteiger charge is 2.28. The Hall–Kier alpha value is -3.49. The molecule has 0 bridgehead atoms. The van der Waals surface area contributed by atoms with Crippen molar-refractivity contribution in [3.63, 3.8) is 0 Å². The first-order chi connectivity index (χ1) is 18.4. The molecular formula is C25H39N7O6S. The van der Waals surface area contributed by atoms with Gasteiger partial charge in [-0.3, -0.25) is 19.8 Å². The summed E-state index contributed by atoms with van der Waals surface area (Å²) in [5, 5.41) is 34.5. The number of unbranched alkanes of at least 4 members (excludes halogenated alkanes) is 1. The van der Waals surface area contributed by atoms with Crippen LogP contribution in [0.15, 0.2) is 23.8 Å². The number of nitrogens with zero attached hydrogens (tertiary/aromatic N) is 1. The first-order valence-corrected chi connectivity index (χ1v) is 13.5. The molecule has 0 radical (unpaired) electrons. The van der Waals surface area contributed by atoms with Gasteiger partial charge in [0.1, 0.15) is 18.1 Å². The number of carbonyl (C=O) groups excluding carboxylic acids is 3. The van der Waals surface area contributed by atoms with Crippen LogP contribution in [0.1, 0.15) is 42.4 Å². The fourth-order valence-corrected chi connectivity index (χ4v) is 4.85. The quantitative estimate of drug-likeness (QED) is 0.0574. The summed E-state index contributed by atoms with van der Waals surface area (Å²) < 4.78 is 0. The Balaban J connectivity index is 1.82. The number of rotatable bonds is 15. The van der Waals surface area contributed by atoms with E-state index in [-0.39, 0.29) is 37.7 Å². The van der Waals surface area contributed by atoms with Gasteiger partial charge in [-0.1, -0.05) is 11.6 Å². The Kier molecular flexibility index (Phi) is 12.4. The molecule has 10 N–H and O–H groups in total. The van der Waals surface area contributed by atoms with Gasteiger partial charge in [0.15, 0.2) is 5.96 Å². The van der Waals surface area contributed by atoms with Crippen LogP contribution in [0.4, 0.5) is 0 Å². The van der Waals surface area contributed by atoms with Crippen molar-refractivity contribution in [3.8, 4) is 0 Å². The highest BCUT2D eigenvalue weighted by Crippen LogP contribution is 2.17. The molecular weight excluding hydrogens is 526 g/mol. The Morgan fingerprint density at radius 3 is 2.41 bits per heavy atom. The highest BCUT2D eigenvalue weighted by molar-refractivity contribution is 7.11. The summed E-state index contributed by atoms with van der Waals surface area (Å²) in [6, 6.07) is 0.569. The van der Waals surface area contributed by atoms with Crippen LogP contribution < -0.4 is 27.4 Å². The molecule has 14 heteroatoms. The van der Waals surface area contributed by atoms with E-state index in [0.717, 1.165) is 15.3 Å². The molecule has 0 aromatic carbocycles. The topological polar surface area (TPSA) is 224 Å². The molecule has 1 aliphatic heterocycles. The number of amides is 3. The second kappa shape index (κ2) is 15.2. The Bertz CT molecular complexity index is 1070. The van der Waals surface area contributed by atoms with Gasteiger partial charge in [0.05, 0.1) is 6.10 Å². The molecule has 0 aliphatic carbocycles. The molecule has 4 unspecified atom stereocenters. The van der Waals surface area contributed by atoms with Crippen LogP contribution in [-0.2, 0) is 25.6 Å². The highest BCUT2D eigenvalue weighted by atomic mass is 32.1. The molecule has 4 atom stereocenters. The van der Waals surface area contributed by atoms with E-state index < -0.39 is 42.0 Å². The lowest BCUT2D eigenvalue weighted by Crippen LogP contribution is -2.54. The van der Waals surface area contributed by atoms with Crippen LogP contribution in [0.2, 0.25) is 0 Å². The molecule has 39 heavy (non-hydrogen) atoms. The fourth-order valence-electron chi connectivity index (χ4n) is 3.91. The SMILES string of the molecule is Cc1ccc(CC(NC(=O)CCCCNC(=O)C(CC2=CCN(C(=N)N)C2)NC(=O)C(N)C(C)O)C(=O)O)s1. The van der Waals surface area contributed by atoms with Gasteiger partial charge in [-0.15, -0.1) is 11.3 Å². The number of hydrogen-bond donors (Lipinski definition) is 8. The third-order valence-electron chi connectivity index (χ3n) is 6.22. The minimum atomic E-state index is -1.21. The normalized spacial score (nSPS) is 16.0. The lowest BCUT2D eigenvalue weighted by Gasteiger charge is -2.23. The van der Waals surface area contributed by atoms with Gasteiger partial charge in [0.2, 0.25) is 17.7 Å². The van der Waals surface area contributed by atoms with Crippen LogP contribution >= 0.6 is 11.3 Å². The number of guanidine groups is 1. The third-order valence-corrected chi connectivity index (χ3v) is 7.24. The number of carbonyl (C=O) groups is 4. The van der Waals surface area contributed by atoms with E-state index in [2.05, 4.69) is 16.0 Å². The number of carboxylic acids is 1. The number of thiophene rings is 1. The molecule has 1 aromatic rings. The second-order valence-electron chi connectivity index (χ2n) is 9.58. The van der Waals surface area contributed by atoms with Gasteiger partial charge in [-0.05, 0) is 45.2 Å². The lowest BCUT2D eigenvalue weighted by molar-refractivity contribution is -0.141. The van der Waals surface area contributed by atoms with E-state index in [9.17, 15) is 29.4 Å². The maximum atomic E-state index is 12.9. The van der Waals surface area contributed by atoms with Crippen molar-refractivity contribution in [2.45, 2.75) is 70.2 Å². The van der Waals surface area contributed by atoms with Crippen molar-refractivity contribution in [1.29, 1.82) is 5.41 Å². The van der Waals surface area contributed by atoms with Gasteiger partial charge >= 0.3 is 5.97 Å². The lowest BCUT2D eigenvalue weighted by atomic mass is 10.0. The van der Waals surface area contributed by atoms with Gasteiger partial charge in [-0.2, -0.15) is 0 Å². The monoisotopic (exact) mass is 565 g/mol. The zero-order chi connectivity index (χ0) is 29.1. The maximum Gasteiger partial charge on any atom is 0.326 e. The molecule has 2 heterocycles. The number of nitrogens with one attached hydrogen (secondary N) is 4. The zero-order valence-corrected chi connectivity index (χ0v) is 23.1.